The smallest absolute Gasteiger partial charge is 0.165 e. The lowest BCUT2D eigenvalue weighted by Gasteiger charge is -2.47. The Morgan fingerprint density at radius 2 is 1.24 bits per heavy atom. The second-order valence-corrected chi connectivity index (χ2v) is 10.5. The van der Waals surface area contributed by atoms with Gasteiger partial charge in [-0.25, -0.2) is 0 Å². The highest BCUT2D eigenvalue weighted by Gasteiger charge is 2.45. The van der Waals surface area contributed by atoms with Crippen LogP contribution in [-0.2, 0) is 20.3 Å². The van der Waals surface area contributed by atoms with Crippen molar-refractivity contribution in [1.82, 2.24) is 0 Å². The first-order chi connectivity index (χ1) is 18.6. The van der Waals surface area contributed by atoms with Gasteiger partial charge in [0.2, 0.25) is 0 Å². The van der Waals surface area contributed by atoms with Gasteiger partial charge in [-0.1, -0.05) is 128 Å². The number of allylic oxidation sites excluding steroid dienone is 1. The number of hydrogen-bond donors (Lipinski definition) is 0. The fraction of sp³-hybridized carbons (Fsp3) is 0.250. The highest BCUT2D eigenvalue weighted by Crippen LogP contribution is 2.45. The van der Waals surface area contributed by atoms with Crippen molar-refractivity contribution in [2.45, 2.75) is 42.8 Å². The maximum Gasteiger partial charge on any atom is 0.165 e. The third-order valence-corrected chi connectivity index (χ3v) is 8.15. The van der Waals surface area contributed by atoms with Crippen LogP contribution < -0.4 is 0 Å². The van der Waals surface area contributed by atoms with Gasteiger partial charge in [-0.2, -0.15) is 0 Å². The predicted molar refractivity (Wildman–Crippen MR) is 155 cm³/mol. The molecule has 0 amide bonds. The zero-order valence-electron chi connectivity index (χ0n) is 22.2. The maximum atomic E-state index is 6.82. The summed E-state index contributed by atoms with van der Waals surface area (Å²) in [6.07, 6.45) is 4.48. The molecule has 1 saturated heterocycles. The van der Waals surface area contributed by atoms with Crippen LogP contribution in [0.5, 0.6) is 0 Å². The molecule has 0 spiro atoms. The van der Waals surface area contributed by atoms with Gasteiger partial charge in [-0.15, -0.1) is 5.73 Å². The van der Waals surface area contributed by atoms with E-state index in [0.29, 0.717) is 13.2 Å². The number of rotatable bonds is 9. The molecule has 0 radical (unpaired) electrons. The van der Waals surface area contributed by atoms with Crippen LogP contribution >= 0.6 is 0 Å². The van der Waals surface area contributed by atoms with Crippen molar-refractivity contribution >= 4 is 0 Å². The van der Waals surface area contributed by atoms with Gasteiger partial charge in [-0.3, -0.25) is 0 Å². The molecule has 192 valence electrons. The van der Waals surface area contributed by atoms with Gasteiger partial charge in [0, 0.05) is 17.3 Å². The first-order valence-electron chi connectivity index (χ1n) is 13.4. The molecule has 0 N–H and O–H groups in total. The summed E-state index contributed by atoms with van der Waals surface area (Å²) in [6, 6.07) is 42.7. The van der Waals surface area contributed by atoms with Crippen LogP contribution in [-0.4, -0.2) is 19.0 Å². The topological polar surface area (TPSA) is 18.5 Å². The Morgan fingerprint density at radius 3 is 1.66 bits per heavy atom. The van der Waals surface area contributed by atoms with Crippen LogP contribution in [0.15, 0.2) is 140 Å². The van der Waals surface area contributed by atoms with E-state index in [1.54, 1.807) is 0 Å². The quantitative estimate of drug-likeness (QED) is 0.216. The Kier molecular flexibility index (Phi) is 7.77. The van der Waals surface area contributed by atoms with Gasteiger partial charge in [0.15, 0.2) is 5.79 Å². The second-order valence-electron chi connectivity index (χ2n) is 10.5. The third kappa shape index (κ3) is 5.17. The first-order valence-corrected chi connectivity index (χ1v) is 13.4. The van der Waals surface area contributed by atoms with Crippen LogP contribution in [0.2, 0.25) is 0 Å². The highest BCUT2D eigenvalue weighted by molar-refractivity contribution is 5.42. The Labute approximate surface area is 227 Å². The lowest BCUT2D eigenvalue weighted by atomic mass is 9.69. The first kappa shape index (κ1) is 25.9. The normalized spacial score (nSPS) is 18.9. The Bertz CT molecular complexity index is 1250. The van der Waals surface area contributed by atoms with Crippen LogP contribution in [0.3, 0.4) is 0 Å². The standard InChI is InChI=1S/C36H36O2/c1-3-4-25-35(30-17-9-5-10-18-30,31-19-11-6-12-20-31)28-37-34(2)26-27-36(29-38-34,32-21-13-7-14-22-32)33-23-15-8-16-24-33/h4-24H,1,25-29H2,2H3. The van der Waals surface area contributed by atoms with Crippen molar-refractivity contribution in [2.75, 3.05) is 13.2 Å². The van der Waals surface area contributed by atoms with E-state index in [0.717, 1.165) is 19.3 Å². The van der Waals surface area contributed by atoms with E-state index in [1.807, 2.05) is 6.08 Å². The molecule has 5 rings (SSSR count). The predicted octanol–water partition coefficient (Wildman–Crippen LogP) is 8.23. The van der Waals surface area contributed by atoms with E-state index in [2.05, 4.69) is 141 Å². The molecule has 1 heterocycles. The molecule has 0 bridgehead atoms. The molecule has 0 aliphatic carbocycles. The highest BCUT2D eigenvalue weighted by atomic mass is 16.7. The van der Waals surface area contributed by atoms with Crippen molar-refractivity contribution in [2.24, 2.45) is 0 Å². The fourth-order valence-corrected chi connectivity index (χ4v) is 5.78. The average molecular weight is 501 g/mol. The van der Waals surface area contributed by atoms with E-state index in [9.17, 15) is 0 Å². The average Bonchev–Trinajstić information content (AvgIpc) is 3.00. The molecule has 1 unspecified atom stereocenters. The van der Waals surface area contributed by atoms with Crippen LogP contribution in [0.25, 0.3) is 0 Å². The second kappa shape index (κ2) is 11.4. The molecular weight excluding hydrogens is 464 g/mol. The number of benzene rings is 4. The molecule has 2 heteroatoms. The number of ether oxygens (including phenoxy) is 2. The molecule has 4 aromatic carbocycles. The monoisotopic (exact) mass is 500 g/mol. The summed E-state index contributed by atoms with van der Waals surface area (Å²) in [5.41, 5.74) is 7.40. The Morgan fingerprint density at radius 1 is 0.763 bits per heavy atom. The van der Waals surface area contributed by atoms with Crippen molar-refractivity contribution in [1.29, 1.82) is 0 Å². The van der Waals surface area contributed by atoms with Crippen molar-refractivity contribution in [3.63, 3.8) is 0 Å². The number of hydrogen-bond acceptors (Lipinski definition) is 2. The van der Waals surface area contributed by atoms with Gasteiger partial charge >= 0.3 is 0 Å². The summed E-state index contributed by atoms with van der Waals surface area (Å²) in [5, 5.41) is 0. The Balaban J connectivity index is 1.44. The van der Waals surface area contributed by atoms with Crippen LogP contribution in [0, 0.1) is 0 Å². The summed E-state index contributed by atoms with van der Waals surface area (Å²) in [6.45, 7) is 6.99. The summed E-state index contributed by atoms with van der Waals surface area (Å²) in [7, 11) is 0. The zero-order valence-corrected chi connectivity index (χ0v) is 22.2. The molecule has 4 aromatic rings. The van der Waals surface area contributed by atoms with Crippen LogP contribution in [0.1, 0.15) is 48.4 Å². The minimum absolute atomic E-state index is 0.201. The van der Waals surface area contributed by atoms with E-state index >= 15 is 0 Å². The molecule has 1 aliphatic rings. The van der Waals surface area contributed by atoms with Crippen LogP contribution in [0.4, 0.5) is 0 Å². The lowest BCUT2D eigenvalue weighted by Crippen LogP contribution is -2.49. The van der Waals surface area contributed by atoms with E-state index in [1.165, 1.54) is 22.3 Å². The van der Waals surface area contributed by atoms with E-state index < -0.39 is 5.79 Å². The van der Waals surface area contributed by atoms with Gasteiger partial charge < -0.3 is 9.47 Å². The van der Waals surface area contributed by atoms with Crippen molar-refractivity contribution in [3.8, 4) is 0 Å². The Hall–Kier alpha value is -3.68. The molecular formula is C36H36O2. The SMILES string of the molecule is C=C=CCC(COC1(C)CCC(c2ccccc2)(c2ccccc2)CO1)(c1ccccc1)c1ccccc1. The largest absolute Gasteiger partial charge is 0.349 e. The molecule has 2 nitrogen and oxygen atoms in total. The fourth-order valence-electron chi connectivity index (χ4n) is 5.78. The minimum Gasteiger partial charge on any atom is -0.349 e. The lowest BCUT2D eigenvalue weighted by molar-refractivity contribution is -0.259. The van der Waals surface area contributed by atoms with Gasteiger partial charge in [0.05, 0.1) is 13.2 Å². The minimum atomic E-state index is -0.695. The van der Waals surface area contributed by atoms with Gasteiger partial charge in [-0.05, 0) is 48.1 Å². The van der Waals surface area contributed by atoms with E-state index in [4.69, 9.17) is 9.47 Å². The molecule has 1 fully saturated rings. The summed E-state index contributed by atoms with van der Waals surface area (Å²) >= 11 is 0. The maximum absolute atomic E-state index is 6.82. The molecule has 0 saturated carbocycles. The summed E-state index contributed by atoms with van der Waals surface area (Å²) in [4.78, 5) is 0. The van der Waals surface area contributed by atoms with E-state index in [-0.39, 0.29) is 10.8 Å². The summed E-state index contributed by atoms with van der Waals surface area (Å²) in [5.74, 6) is -0.695. The molecule has 0 aromatic heterocycles. The third-order valence-electron chi connectivity index (χ3n) is 8.15. The van der Waals surface area contributed by atoms with Crippen molar-refractivity contribution < 1.29 is 9.47 Å². The van der Waals surface area contributed by atoms with Crippen molar-refractivity contribution in [3.05, 3.63) is 162 Å². The molecule has 1 aliphatic heterocycles. The van der Waals surface area contributed by atoms with Gasteiger partial charge in [0.25, 0.3) is 0 Å². The summed E-state index contributed by atoms with van der Waals surface area (Å²) < 4.78 is 13.5. The molecule has 1 atom stereocenters. The zero-order chi connectivity index (χ0) is 26.3. The van der Waals surface area contributed by atoms with Gasteiger partial charge in [0.1, 0.15) is 0 Å². The molecule has 38 heavy (non-hydrogen) atoms.